The third-order valence-electron chi connectivity index (χ3n) is 1.36. The average Bonchev–Trinajstić information content (AvgIpc) is 2.07. The number of carbonyl (C=O) groups excluding carboxylic acids is 1. The molecule has 1 aromatic rings. The minimum atomic E-state index is 0.620. The second-order valence-electron chi connectivity index (χ2n) is 2.11. The number of nitrogens with one attached hydrogen (secondary N) is 1. The Morgan fingerprint density at radius 3 is 2.55 bits per heavy atom. The van der Waals surface area contributed by atoms with E-state index in [0.29, 0.717) is 12.1 Å². The summed E-state index contributed by atoms with van der Waals surface area (Å²) in [6.45, 7) is 3.67. The Kier molecular flexibility index (Phi) is 2.44. The van der Waals surface area contributed by atoms with E-state index in [2.05, 4.69) is 11.9 Å². The van der Waals surface area contributed by atoms with Gasteiger partial charge in [0, 0.05) is 5.70 Å². The van der Waals surface area contributed by atoms with Gasteiger partial charge in [0.1, 0.15) is 0 Å². The van der Waals surface area contributed by atoms with Crippen molar-refractivity contribution in [3.05, 3.63) is 42.5 Å². The zero-order valence-electron chi connectivity index (χ0n) is 6.08. The van der Waals surface area contributed by atoms with E-state index in [1.54, 1.807) is 0 Å². The summed E-state index contributed by atoms with van der Waals surface area (Å²) < 4.78 is 0. The molecule has 1 amide bonds. The smallest absolute Gasteiger partial charge is 0.211 e. The van der Waals surface area contributed by atoms with Crippen LogP contribution in [0, 0.1) is 0 Å². The van der Waals surface area contributed by atoms with Crippen molar-refractivity contribution >= 4 is 12.1 Å². The zero-order chi connectivity index (χ0) is 8.10. The molecule has 0 aliphatic carbocycles. The van der Waals surface area contributed by atoms with Crippen molar-refractivity contribution in [2.45, 2.75) is 0 Å². The first kappa shape index (κ1) is 7.54. The molecule has 0 aliphatic rings. The largest absolute Gasteiger partial charge is 0.329 e. The first-order valence-corrected chi connectivity index (χ1v) is 3.29. The zero-order valence-corrected chi connectivity index (χ0v) is 6.08. The Morgan fingerprint density at radius 1 is 1.36 bits per heavy atom. The molecule has 0 aromatic heterocycles. The maximum atomic E-state index is 10.0. The predicted molar refractivity (Wildman–Crippen MR) is 44.7 cm³/mol. The van der Waals surface area contributed by atoms with Crippen molar-refractivity contribution in [2.24, 2.45) is 0 Å². The summed E-state index contributed by atoms with van der Waals surface area (Å²) in [6.07, 6.45) is 0.620. The molecule has 0 atom stereocenters. The van der Waals surface area contributed by atoms with Crippen LogP contribution < -0.4 is 5.32 Å². The van der Waals surface area contributed by atoms with Gasteiger partial charge in [-0.2, -0.15) is 0 Å². The van der Waals surface area contributed by atoms with Gasteiger partial charge in [-0.1, -0.05) is 36.9 Å². The number of amides is 1. The average molecular weight is 147 g/mol. The summed E-state index contributed by atoms with van der Waals surface area (Å²) >= 11 is 0. The van der Waals surface area contributed by atoms with Crippen LogP contribution in [0.1, 0.15) is 5.56 Å². The number of benzene rings is 1. The van der Waals surface area contributed by atoms with E-state index in [9.17, 15) is 4.79 Å². The predicted octanol–water partition coefficient (Wildman–Crippen LogP) is 1.40. The second-order valence-corrected chi connectivity index (χ2v) is 2.11. The van der Waals surface area contributed by atoms with Crippen molar-refractivity contribution in [2.75, 3.05) is 0 Å². The molecule has 0 saturated heterocycles. The molecule has 0 saturated carbocycles. The Bertz CT molecular complexity index is 254. The normalized spacial score (nSPS) is 8.73. The van der Waals surface area contributed by atoms with Crippen LogP contribution in [0.15, 0.2) is 36.9 Å². The molecule has 0 radical (unpaired) electrons. The Labute approximate surface area is 65.5 Å². The molecular formula is C9H9NO. The van der Waals surface area contributed by atoms with Crippen LogP contribution in [0.2, 0.25) is 0 Å². The molecule has 56 valence electrons. The maximum absolute atomic E-state index is 10.0. The minimum absolute atomic E-state index is 0.620. The van der Waals surface area contributed by atoms with Crippen LogP contribution in [0.4, 0.5) is 0 Å². The molecule has 0 fully saturated rings. The molecule has 11 heavy (non-hydrogen) atoms. The van der Waals surface area contributed by atoms with Gasteiger partial charge in [-0.3, -0.25) is 4.79 Å². The molecule has 1 rings (SSSR count). The molecule has 1 N–H and O–H groups in total. The minimum Gasteiger partial charge on any atom is -0.329 e. The van der Waals surface area contributed by atoms with E-state index in [1.807, 2.05) is 30.3 Å². The summed E-state index contributed by atoms with van der Waals surface area (Å²) in [6, 6.07) is 9.48. The number of rotatable bonds is 3. The van der Waals surface area contributed by atoms with Crippen LogP contribution in [-0.2, 0) is 4.79 Å². The number of hydrogen-bond donors (Lipinski definition) is 1. The van der Waals surface area contributed by atoms with Gasteiger partial charge < -0.3 is 5.32 Å². The fourth-order valence-corrected chi connectivity index (χ4v) is 0.794. The van der Waals surface area contributed by atoms with Crippen molar-refractivity contribution in [1.82, 2.24) is 5.32 Å². The van der Waals surface area contributed by atoms with Crippen LogP contribution in [-0.4, -0.2) is 6.41 Å². The van der Waals surface area contributed by atoms with E-state index in [0.717, 1.165) is 5.56 Å². The van der Waals surface area contributed by atoms with Crippen molar-refractivity contribution in [3.63, 3.8) is 0 Å². The fourth-order valence-electron chi connectivity index (χ4n) is 0.794. The quantitative estimate of drug-likeness (QED) is 0.643. The lowest BCUT2D eigenvalue weighted by atomic mass is 10.2. The summed E-state index contributed by atoms with van der Waals surface area (Å²) in [7, 11) is 0. The molecule has 0 unspecified atom stereocenters. The highest BCUT2D eigenvalue weighted by molar-refractivity contribution is 5.71. The molecule has 0 heterocycles. The molecular weight excluding hydrogens is 138 g/mol. The molecule has 1 aromatic carbocycles. The molecule has 0 aliphatic heterocycles. The van der Waals surface area contributed by atoms with Gasteiger partial charge in [0.2, 0.25) is 6.41 Å². The lowest BCUT2D eigenvalue weighted by molar-refractivity contribution is -0.108. The second kappa shape index (κ2) is 3.56. The summed E-state index contributed by atoms with van der Waals surface area (Å²) in [4.78, 5) is 10.0. The maximum Gasteiger partial charge on any atom is 0.211 e. The lowest BCUT2D eigenvalue weighted by Crippen LogP contribution is -2.07. The Hall–Kier alpha value is -1.57. The molecule has 0 bridgehead atoms. The van der Waals surface area contributed by atoms with Crippen molar-refractivity contribution < 1.29 is 4.79 Å². The molecule has 0 spiro atoms. The summed E-state index contributed by atoms with van der Waals surface area (Å²) in [5, 5.41) is 2.49. The van der Waals surface area contributed by atoms with E-state index in [4.69, 9.17) is 0 Å². The lowest BCUT2D eigenvalue weighted by Gasteiger charge is -2.01. The highest BCUT2D eigenvalue weighted by atomic mass is 16.1. The monoisotopic (exact) mass is 147 g/mol. The Balaban J connectivity index is 2.77. The van der Waals surface area contributed by atoms with Crippen LogP contribution in [0.3, 0.4) is 0 Å². The van der Waals surface area contributed by atoms with Crippen molar-refractivity contribution in [1.29, 1.82) is 0 Å². The topological polar surface area (TPSA) is 29.1 Å². The third kappa shape index (κ3) is 1.93. The van der Waals surface area contributed by atoms with Crippen LogP contribution in [0.5, 0.6) is 0 Å². The van der Waals surface area contributed by atoms with Gasteiger partial charge in [0.15, 0.2) is 0 Å². The Morgan fingerprint density at radius 2 is 2.00 bits per heavy atom. The van der Waals surface area contributed by atoms with Crippen molar-refractivity contribution in [3.8, 4) is 0 Å². The highest BCUT2D eigenvalue weighted by Crippen LogP contribution is 2.06. The summed E-state index contributed by atoms with van der Waals surface area (Å²) in [5.41, 5.74) is 1.56. The van der Waals surface area contributed by atoms with Gasteiger partial charge in [-0.25, -0.2) is 0 Å². The molecule has 2 nitrogen and oxygen atoms in total. The SMILES string of the molecule is C=C(NC=O)c1ccccc1. The first-order chi connectivity index (χ1) is 5.34. The number of hydrogen-bond acceptors (Lipinski definition) is 1. The van der Waals surface area contributed by atoms with E-state index in [1.165, 1.54) is 0 Å². The van der Waals surface area contributed by atoms with E-state index in [-0.39, 0.29) is 0 Å². The van der Waals surface area contributed by atoms with Gasteiger partial charge in [0.05, 0.1) is 0 Å². The van der Waals surface area contributed by atoms with Gasteiger partial charge in [-0.15, -0.1) is 0 Å². The van der Waals surface area contributed by atoms with Gasteiger partial charge in [0.25, 0.3) is 0 Å². The number of carbonyl (C=O) groups is 1. The fraction of sp³-hybridized carbons (Fsp3) is 0. The van der Waals surface area contributed by atoms with E-state index >= 15 is 0 Å². The van der Waals surface area contributed by atoms with Gasteiger partial charge in [-0.05, 0) is 5.56 Å². The van der Waals surface area contributed by atoms with Crippen LogP contribution in [0.25, 0.3) is 5.70 Å². The first-order valence-electron chi connectivity index (χ1n) is 3.29. The molecule has 2 heteroatoms. The highest BCUT2D eigenvalue weighted by Gasteiger charge is 1.92. The summed E-state index contributed by atoms with van der Waals surface area (Å²) in [5.74, 6) is 0. The third-order valence-corrected chi connectivity index (χ3v) is 1.36. The van der Waals surface area contributed by atoms with E-state index < -0.39 is 0 Å². The standard InChI is InChI=1S/C9H9NO/c1-8(10-7-11)9-5-3-2-4-6-9/h2-7H,1H2,(H,10,11). The van der Waals surface area contributed by atoms with Gasteiger partial charge >= 0.3 is 0 Å². The van der Waals surface area contributed by atoms with Crippen LogP contribution >= 0.6 is 0 Å².